The van der Waals surface area contributed by atoms with Crippen LogP contribution in [0.2, 0.25) is 0 Å². The maximum absolute atomic E-state index is 13.6. The summed E-state index contributed by atoms with van der Waals surface area (Å²) in [5.41, 5.74) is 1.50. The second kappa shape index (κ2) is 17.2. The number of carbonyl (C=O) groups is 4. The standard InChI is InChI=1S/C34H42N6O8/c1-21-7-5-11-37-29(42)10-9-23(3)31(24(4)19-47-34(45)39-28-18-35-12-13-36-28)48-33(44)27-8-6-14-40(27)32(43)26-20-46-30(38-26)17-22(2)16-25(41)15-21/h5,7,9-10,12-13,15,18,20,23-25,27,31,41H,2,6,8,11,14,16-17,19H2,1,3-4H3,(H,37,42)(H,36,39,45)/b7-5+,10-9+,21-15+. The number of carbonyl (C=O) groups excluding carboxylic acids is 4. The number of nitrogens with zero attached hydrogens (tertiary/aromatic N) is 4. The lowest BCUT2D eigenvalue weighted by Gasteiger charge is -2.30. The zero-order valence-corrected chi connectivity index (χ0v) is 27.3. The number of oxazole rings is 1. The largest absolute Gasteiger partial charge is 0.460 e. The van der Waals surface area contributed by atoms with E-state index in [2.05, 4.69) is 32.2 Å². The molecule has 2 aromatic rings. The number of cyclic esters (lactones) is 1. The summed E-state index contributed by atoms with van der Waals surface area (Å²) in [7, 11) is 0. The molecular formula is C34H42N6O8. The summed E-state index contributed by atoms with van der Waals surface area (Å²) in [5.74, 6) is -1.98. The van der Waals surface area contributed by atoms with Gasteiger partial charge in [0.05, 0.1) is 18.9 Å². The molecule has 3 amide bonds. The fourth-order valence-corrected chi connectivity index (χ4v) is 5.46. The minimum atomic E-state index is -0.874. The number of aromatic nitrogens is 3. The summed E-state index contributed by atoms with van der Waals surface area (Å²) in [4.78, 5) is 65.8. The summed E-state index contributed by atoms with van der Waals surface area (Å²) in [6, 6.07) is -0.874. The molecule has 3 N–H and O–H groups in total. The van der Waals surface area contributed by atoms with Crippen LogP contribution in [0.15, 0.2) is 77.4 Å². The van der Waals surface area contributed by atoms with Crippen molar-refractivity contribution in [2.75, 3.05) is 25.0 Å². The van der Waals surface area contributed by atoms with Gasteiger partial charge in [-0.15, -0.1) is 0 Å². The number of aliphatic hydroxyl groups is 1. The van der Waals surface area contributed by atoms with Crippen LogP contribution in [0.5, 0.6) is 0 Å². The number of rotatable bonds is 4. The van der Waals surface area contributed by atoms with Gasteiger partial charge in [0.2, 0.25) is 5.91 Å². The predicted octanol–water partition coefficient (Wildman–Crippen LogP) is 3.54. The molecule has 48 heavy (non-hydrogen) atoms. The van der Waals surface area contributed by atoms with E-state index in [1.54, 1.807) is 38.2 Å². The Morgan fingerprint density at radius 1 is 1.27 bits per heavy atom. The first-order valence-electron chi connectivity index (χ1n) is 15.8. The van der Waals surface area contributed by atoms with Gasteiger partial charge in [0, 0.05) is 43.7 Å². The number of esters is 1. The van der Waals surface area contributed by atoms with Gasteiger partial charge in [0.15, 0.2) is 17.4 Å². The summed E-state index contributed by atoms with van der Waals surface area (Å²) < 4.78 is 17.0. The van der Waals surface area contributed by atoms with E-state index in [0.717, 1.165) is 5.57 Å². The fraction of sp³-hybridized carbons (Fsp3) is 0.441. The van der Waals surface area contributed by atoms with Crippen LogP contribution in [0.4, 0.5) is 10.6 Å². The van der Waals surface area contributed by atoms with Crippen LogP contribution < -0.4 is 10.6 Å². The lowest BCUT2D eigenvalue weighted by molar-refractivity contribution is -0.159. The van der Waals surface area contributed by atoms with Gasteiger partial charge in [0.25, 0.3) is 5.91 Å². The monoisotopic (exact) mass is 662 g/mol. The number of ether oxygens (including phenoxy) is 2. The molecule has 5 atom stereocenters. The molecule has 2 aliphatic heterocycles. The van der Waals surface area contributed by atoms with Crippen LogP contribution in [-0.2, 0) is 25.5 Å². The molecule has 256 valence electrons. The molecule has 0 spiro atoms. The Balaban J connectivity index is 1.54. The Morgan fingerprint density at radius 3 is 2.85 bits per heavy atom. The molecule has 2 bridgehead atoms. The molecule has 0 aromatic carbocycles. The molecular weight excluding hydrogens is 620 g/mol. The van der Waals surface area contributed by atoms with Gasteiger partial charge in [-0.1, -0.05) is 55.9 Å². The van der Waals surface area contributed by atoms with Crippen molar-refractivity contribution in [2.45, 2.75) is 64.7 Å². The number of hydrogen-bond acceptors (Lipinski definition) is 11. The minimum absolute atomic E-state index is 0.0482. The molecule has 2 aromatic heterocycles. The summed E-state index contributed by atoms with van der Waals surface area (Å²) in [6.45, 7) is 9.81. The Hall–Kier alpha value is -5.11. The van der Waals surface area contributed by atoms with Crippen LogP contribution >= 0.6 is 0 Å². The van der Waals surface area contributed by atoms with Crippen LogP contribution in [0, 0.1) is 11.8 Å². The van der Waals surface area contributed by atoms with Crippen molar-refractivity contribution in [3.8, 4) is 0 Å². The van der Waals surface area contributed by atoms with E-state index in [4.69, 9.17) is 13.9 Å². The SMILES string of the molecule is C=C1Cc2nc(co2)C(=O)N2CCCC2C(=O)OC(C(C)COC(=O)Nc2cnccn2)C(C)/C=C/C(=O)NC/C=C/C(C)=C/C(O)C1. The van der Waals surface area contributed by atoms with Gasteiger partial charge in [-0.2, -0.15) is 0 Å². The second-order valence-corrected chi connectivity index (χ2v) is 12.0. The van der Waals surface area contributed by atoms with Gasteiger partial charge in [-0.3, -0.25) is 19.9 Å². The average Bonchev–Trinajstić information content (AvgIpc) is 3.73. The van der Waals surface area contributed by atoms with Crippen LogP contribution in [-0.4, -0.2) is 86.8 Å². The van der Waals surface area contributed by atoms with Crippen molar-refractivity contribution in [1.29, 1.82) is 0 Å². The predicted molar refractivity (Wildman–Crippen MR) is 174 cm³/mol. The number of nitrogens with one attached hydrogen (secondary N) is 2. The smallest absolute Gasteiger partial charge is 0.412 e. The first-order valence-corrected chi connectivity index (χ1v) is 15.8. The zero-order valence-electron chi connectivity index (χ0n) is 27.3. The van der Waals surface area contributed by atoms with Crippen molar-refractivity contribution < 1.29 is 38.2 Å². The second-order valence-electron chi connectivity index (χ2n) is 12.0. The Morgan fingerprint density at radius 2 is 2.08 bits per heavy atom. The molecule has 14 heteroatoms. The molecule has 5 unspecified atom stereocenters. The molecule has 1 saturated heterocycles. The zero-order chi connectivity index (χ0) is 34.6. The summed E-state index contributed by atoms with van der Waals surface area (Å²) >= 11 is 0. The lowest BCUT2D eigenvalue weighted by atomic mass is 9.93. The third-order valence-corrected chi connectivity index (χ3v) is 7.84. The van der Waals surface area contributed by atoms with Crippen LogP contribution in [0.25, 0.3) is 0 Å². The normalized spacial score (nSPS) is 26.2. The molecule has 1 fully saturated rings. The topological polar surface area (TPSA) is 186 Å². The van der Waals surface area contributed by atoms with Gasteiger partial charge in [-0.25, -0.2) is 19.6 Å². The van der Waals surface area contributed by atoms with Gasteiger partial charge in [-0.05, 0) is 32.3 Å². The average molecular weight is 663 g/mol. The molecule has 14 nitrogen and oxygen atoms in total. The summed E-state index contributed by atoms with van der Waals surface area (Å²) in [5, 5.41) is 15.7. The lowest BCUT2D eigenvalue weighted by Crippen LogP contribution is -2.44. The van der Waals surface area contributed by atoms with Crippen molar-refractivity contribution in [1.82, 2.24) is 25.2 Å². The Kier molecular flexibility index (Phi) is 12.8. The number of amides is 3. The van der Waals surface area contributed by atoms with E-state index in [1.165, 1.54) is 35.8 Å². The van der Waals surface area contributed by atoms with Crippen molar-refractivity contribution in [3.63, 3.8) is 0 Å². The minimum Gasteiger partial charge on any atom is -0.460 e. The highest BCUT2D eigenvalue weighted by molar-refractivity contribution is 5.95. The highest BCUT2D eigenvalue weighted by Crippen LogP contribution is 2.26. The first-order chi connectivity index (χ1) is 23.0. The van der Waals surface area contributed by atoms with E-state index in [1.807, 2.05) is 6.92 Å². The number of aliphatic hydroxyl groups excluding tert-OH is 1. The number of hydrogen-bond donors (Lipinski definition) is 3. The maximum Gasteiger partial charge on any atom is 0.412 e. The number of allylic oxidation sites excluding steroid dienone is 2. The van der Waals surface area contributed by atoms with Crippen molar-refractivity contribution >= 4 is 29.7 Å². The molecule has 0 saturated carbocycles. The molecule has 4 heterocycles. The number of fused-ring (bicyclic) bond motifs is 3. The number of anilines is 1. The highest BCUT2D eigenvalue weighted by atomic mass is 16.6. The molecule has 0 aliphatic carbocycles. The quantitative estimate of drug-likeness (QED) is 0.321. The van der Waals surface area contributed by atoms with E-state index >= 15 is 0 Å². The van der Waals surface area contributed by atoms with Gasteiger partial charge in [0.1, 0.15) is 18.4 Å². The molecule has 0 radical (unpaired) electrons. The van der Waals surface area contributed by atoms with E-state index < -0.39 is 48.1 Å². The Bertz CT molecular complexity index is 1550. The van der Waals surface area contributed by atoms with E-state index in [0.29, 0.717) is 25.0 Å². The third-order valence-electron chi connectivity index (χ3n) is 7.84. The van der Waals surface area contributed by atoms with Gasteiger partial charge < -0.3 is 29.2 Å². The molecule has 2 aliphatic rings. The summed E-state index contributed by atoms with van der Waals surface area (Å²) in [6.07, 6.45) is 12.7. The van der Waals surface area contributed by atoms with Crippen molar-refractivity contribution in [3.05, 3.63) is 84.5 Å². The third kappa shape index (κ3) is 10.5. The molecule has 4 rings (SSSR count). The first kappa shape index (κ1) is 35.7. The van der Waals surface area contributed by atoms with Crippen LogP contribution in [0.1, 0.15) is 56.4 Å². The Labute approximate surface area is 279 Å². The van der Waals surface area contributed by atoms with E-state index in [9.17, 15) is 24.3 Å². The fourth-order valence-electron chi connectivity index (χ4n) is 5.46. The van der Waals surface area contributed by atoms with Gasteiger partial charge >= 0.3 is 12.1 Å². The maximum atomic E-state index is 13.6. The van der Waals surface area contributed by atoms with E-state index in [-0.39, 0.29) is 49.3 Å². The van der Waals surface area contributed by atoms with Crippen molar-refractivity contribution in [2.24, 2.45) is 11.8 Å². The highest BCUT2D eigenvalue weighted by Gasteiger charge is 2.39. The van der Waals surface area contributed by atoms with Crippen LogP contribution in [0.3, 0.4) is 0 Å².